The number of rotatable bonds is 2. The summed E-state index contributed by atoms with van der Waals surface area (Å²) >= 11 is 3.74. The van der Waals surface area contributed by atoms with E-state index in [9.17, 15) is 0 Å². The molecule has 0 aromatic carbocycles. The van der Waals surface area contributed by atoms with Gasteiger partial charge in [0.05, 0.1) is 10.2 Å². The molecular weight excluding hydrogens is 292 g/mol. The summed E-state index contributed by atoms with van der Waals surface area (Å²) in [6.07, 6.45) is 6.29. The highest BCUT2D eigenvalue weighted by molar-refractivity contribution is 9.10. The topological polar surface area (TPSA) is 45.6 Å². The number of piperidine rings is 1. The Balaban J connectivity index is 2.00. The van der Waals surface area contributed by atoms with Crippen LogP contribution in [0.2, 0.25) is 0 Å². The molecule has 3 heterocycles. The van der Waals surface area contributed by atoms with Crippen LogP contribution in [0.25, 0.3) is 11.3 Å². The Hall–Kier alpha value is -1.07. The number of hydrogen-bond donors (Lipinski definition) is 2. The molecule has 0 spiro atoms. The molecule has 1 fully saturated rings. The lowest BCUT2D eigenvalue weighted by Crippen LogP contribution is -2.27. The molecule has 0 atom stereocenters. The molecule has 0 amide bonds. The van der Waals surface area contributed by atoms with Crippen molar-refractivity contribution < 1.29 is 0 Å². The molecule has 0 unspecified atom stereocenters. The fraction of sp³-hybridized carbons (Fsp3) is 0.462. The minimum Gasteiger partial charge on any atom is -0.367 e. The number of aromatic nitrogens is 3. The summed E-state index contributed by atoms with van der Waals surface area (Å²) in [4.78, 5) is 3.08. The monoisotopic (exact) mass is 308 g/mol. The van der Waals surface area contributed by atoms with E-state index in [-0.39, 0.29) is 0 Å². The molecule has 1 aliphatic rings. The van der Waals surface area contributed by atoms with Crippen LogP contribution in [-0.4, -0.2) is 27.9 Å². The van der Waals surface area contributed by atoms with Crippen molar-refractivity contribution in [2.45, 2.75) is 18.8 Å². The van der Waals surface area contributed by atoms with Gasteiger partial charge in [-0.25, -0.2) is 0 Å². The van der Waals surface area contributed by atoms with Crippen LogP contribution in [0.15, 0.2) is 22.9 Å². The highest BCUT2D eigenvalue weighted by Crippen LogP contribution is 2.36. The van der Waals surface area contributed by atoms with Gasteiger partial charge in [0.15, 0.2) is 0 Å². The predicted octanol–water partition coefficient (Wildman–Crippen LogP) is 2.64. The third kappa shape index (κ3) is 2.01. The molecular formula is C13H17BrN4. The Morgan fingerprint density at radius 1 is 1.39 bits per heavy atom. The summed E-state index contributed by atoms with van der Waals surface area (Å²) in [5.74, 6) is 0.603. The van der Waals surface area contributed by atoms with Gasteiger partial charge in [-0.3, -0.25) is 4.68 Å². The summed E-state index contributed by atoms with van der Waals surface area (Å²) < 4.78 is 3.18. The van der Waals surface area contributed by atoms with Crippen LogP contribution in [0.5, 0.6) is 0 Å². The minimum absolute atomic E-state index is 0.603. The normalized spacial score (nSPS) is 17.2. The molecule has 96 valence electrons. The van der Waals surface area contributed by atoms with Crippen molar-refractivity contribution in [3.8, 4) is 11.3 Å². The van der Waals surface area contributed by atoms with Crippen LogP contribution in [0.1, 0.15) is 24.5 Å². The average molecular weight is 309 g/mol. The highest BCUT2D eigenvalue weighted by Gasteiger charge is 2.24. The minimum atomic E-state index is 0.603. The van der Waals surface area contributed by atoms with E-state index >= 15 is 0 Å². The first kappa shape index (κ1) is 12.0. The number of H-pyrrole nitrogens is 1. The molecule has 0 radical (unpaired) electrons. The summed E-state index contributed by atoms with van der Waals surface area (Å²) in [6, 6.07) is 2.05. The van der Waals surface area contributed by atoms with E-state index in [2.05, 4.69) is 37.4 Å². The zero-order valence-electron chi connectivity index (χ0n) is 10.4. The maximum Gasteiger partial charge on any atom is 0.108 e. The first-order valence-corrected chi connectivity index (χ1v) is 7.13. The van der Waals surface area contributed by atoms with Gasteiger partial charge in [-0.1, -0.05) is 0 Å². The van der Waals surface area contributed by atoms with Gasteiger partial charge in [0.25, 0.3) is 0 Å². The molecule has 2 aromatic heterocycles. The van der Waals surface area contributed by atoms with Crippen molar-refractivity contribution in [1.82, 2.24) is 20.1 Å². The molecule has 5 heteroatoms. The molecule has 1 saturated heterocycles. The van der Waals surface area contributed by atoms with E-state index in [1.807, 2.05) is 24.1 Å². The van der Waals surface area contributed by atoms with Crippen molar-refractivity contribution in [1.29, 1.82) is 0 Å². The van der Waals surface area contributed by atoms with Crippen LogP contribution in [0, 0.1) is 0 Å². The van der Waals surface area contributed by atoms with Crippen molar-refractivity contribution in [2.24, 2.45) is 7.05 Å². The third-order valence-corrected chi connectivity index (χ3v) is 4.41. The van der Waals surface area contributed by atoms with Crippen molar-refractivity contribution in [3.63, 3.8) is 0 Å². The maximum absolute atomic E-state index is 4.66. The molecule has 4 nitrogen and oxygen atoms in total. The number of aryl methyl sites for hydroxylation is 1. The largest absolute Gasteiger partial charge is 0.367 e. The first-order chi connectivity index (χ1) is 8.77. The molecule has 3 rings (SSSR count). The lowest BCUT2D eigenvalue weighted by molar-refractivity contribution is 0.439. The molecule has 0 aliphatic carbocycles. The van der Waals surface area contributed by atoms with Gasteiger partial charge < -0.3 is 10.3 Å². The van der Waals surface area contributed by atoms with Gasteiger partial charge in [0, 0.05) is 30.9 Å². The molecule has 2 N–H and O–H groups in total. The van der Waals surface area contributed by atoms with E-state index in [1.165, 1.54) is 18.5 Å². The summed E-state index contributed by atoms with van der Waals surface area (Å²) in [5, 5.41) is 8.06. The van der Waals surface area contributed by atoms with Crippen molar-refractivity contribution in [3.05, 3.63) is 28.6 Å². The fourth-order valence-electron chi connectivity index (χ4n) is 2.71. The molecule has 2 aromatic rings. The van der Waals surface area contributed by atoms with Crippen LogP contribution >= 0.6 is 15.9 Å². The van der Waals surface area contributed by atoms with Crippen molar-refractivity contribution >= 4 is 15.9 Å². The zero-order chi connectivity index (χ0) is 12.5. The van der Waals surface area contributed by atoms with Gasteiger partial charge in [0.1, 0.15) is 5.69 Å². The van der Waals surface area contributed by atoms with Crippen LogP contribution in [-0.2, 0) is 7.05 Å². The Morgan fingerprint density at radius 2 is 2.17 bits per heavy atom. The average Bonchev–Trinajstić information content (AvgIpc) is 2.99. The smallest absolute Gasteiger partial charge is 0.108 e. The number of aromatic amines is 1. The summed E-state index contributed by atoms with van der Waals surface area (Å²) in [7, 11) is 2.04. The second kappa shape index (κ2) is 4.90. The molecule has 1 aliphatic heterocycles. The van der Waals surface area contributed by atoms with Gasteiger partial charge in [-0.15, -0.1) is 0 Å². The fourth-order valence-corrected chi connectivity index (χ4v) is 3.59. The molecule has 18 heavy (non-hydrogen) atoms. The highest BCUT2D eigenvalue weighted by atomic mass is 79.9. The Bertz CT molecular complexity index is 523. The van der Waals surface area contributed by atoms with E-state index in [1.54, 1.807) is 0 Å². The van der Waals surface area contributed by atoms with E-state index in [0.29, 0.717) is 5.92 Å². The van der Waals surface area contributed by atoms with Crippen LogP contribution in [0.3, 0.4) is 0 Å². The third-order valence-electron chi connectivity index (χ3n) is 3.63. The van der Waals surface area contributed by atoms with Gasteiger partial charge in [-0.2, -0.15) is 5.10 Å². The predicted molar refractivity (Wildman–Crippen MR) is 75.5 cm³/mol. The number of hydrogen-bond acceptors (Lipinski definition) is 2. The van der Waals surface area contributed by atoms with Crippen LogP contribution in [0.4, 0.5) is 0 Å². The van der Waals surface area contributed by atoms with Gasteiger partial charge >= 0.3 is 0 Å². The van der Waals surface area contributed by atoms with Gasteiger partial charge in [0.2, 0.25) is 0 Å². The SMILES string of the molecule is Cn1nc(-c2cc[nH]c2)c(Br)c1C1CCNCC1. The summed E-state index contributed by atoms with van der Waals surface area (Å²) in [6.45, 7) is 2.20. The second-order valence-corrected chi connectivity index (χ2v) is 5.59. The quantitative estimate of drug-likeness (QED) is 0.896. The number of nitrogens with one attached hydrogen (secondary N) is 2. The first-order valence-electron chi connectivity index (χ1n) is 6.33. The lowest BCUT2D eigenvalue weighted by Gasteiger charge is -2.23. The number of nitrogens with zero attached hydrogens (tertiary/aromatic N) is 2. The van der Waals surface area contributed by atoms with E-state index < -0.39 is 0 Å². The maximum atomic E-state index is 4.66. The molecule has 0 bridgehead atoms. The zero-order valence-corrected chi connectivity index (χ0v) is 12.0. The van der Waals surface area contributed by atoms with Crippen LogP contribution < -0.4 is 5.32 Å². The van der Waals surface area contributed by atoms with Gasteiger partial charge in [-0.05, 0) is 47.9 Å². The standard InChI is InChI=1S/C13H17BrN4/c1-18-13(9-2-5-15-6-3-9)11(14)12(17-18)10-4-7-16-8-10/h4,7-9,15-16H,2-3,5-6H2,1H3. The van der Waals surface area contributed by atoms with E-state index in [0.717, 1.165) is 28.8 Å². The lowest BCUT2D eigenvalue weighted by atomic mass is 9.94. The molecule has 0 saturated carbocycles. The number of halogens is 1. The van der Waals surface area contributed by atoms with Crippen molar-refractivity contribution in [2.75, 3.05) is 13.1 Å². The summed E-state index contributed by atoms with van der Waals surface area (Å²) in [5.41, 5.74) is 3.50. The second-order valence-electron chi connectivity index (χ2n) is 4.80. The van der Waals surface area contributed by atoms with E-state index in [4.69, 9.17) is 0 Å². The Morgan fingerprint density at radius 3 is 2.83 bits per heavy atom. The Labute approximate surface area is 115 Å². The Kier molecular flexibility index (Phi) is 3.26.